The van der Waals surface area contributed by atoms with Gasteiger partial charge in [0, 0.05) is 23.1 Å². The van der Waals surface area contributed by atoms with Gasteiger partial charge in [-0.05, 0) is 43.7 Å². The normalized spacial score (nSPS) is 18.1. The maximum Gasteiger partial charge on any atom is 0.573 e. The second-order valence-electron chi connectivity index (χ2n) is 7.06. The predicted octanol–water partition coefficient (Wildman–Crippen LogP) is 4.29. The van der Waals surface area contributed by atoms with Crippen molar-refractivity contribution >= 4 is 22.8 Å². The van der Waals surface area contributed by atoms with E-state index in [-0.39, 0.29) is 41.4 Å². The molecule has 0 aliphatic heterocycles. The van der Waals surface area contributed by atoms with Gasteiger partial charge in [-0.3, -0.25) is 9.36 Å². The average molecular weight is 434 g/mol. The number of alkyl halides is 3. The van der Waals surface area contributed by atoms with Gasteiger partial charge in [0.05, 0.1) is 18.0 Å². The average Bonchev–Trinajstić information content (AvgIpc) is 3.41. The zero-order chi connectivity index (χ0) is 22.3. The third-order valence-corrected chi connectivity index (χ3v) is 4.97. The van der Waals surface area contributed by atoms with Crippen molar-refractivity contribution in [2.24, 2.45) is 5.92 Å². The number of nitrogens with zero attached hydrogens (tertiary/aromatic N) is 2. The van der Waals surface area contributed by atoms with Crippen molar-refractivity contribution in [3.05, 3.63) is 53.9 Å². The molecule has 0 amide bonds. The van der Waals surface area contributed by atoms with Crippen LogP contribution >= 0.6 is 0 Å². The highest BCUT2D eigenvalue weighted by Crippen LogP contribution is 2.47. The molecule has 0 radical (unpaired) electrons. The Morgan fingerprint density at radius 3 is 2.68 bits per heavy atom. The molecule has 7 nitrogen and oxygen atoms in total. The van der Waals surface area contributed by atoms with Crippen molar-refractivity contribution in [1.29, 1.82) is 0 Å². The molecule has 1 aromatic carbocycles. The number of carboxylic acids is 1. The molecule has 2 heterocycles. The van der Waals surface area contributed by atoms with E-state index >= 15 is 0 Å². The van der Waals surface area contributed by atoms with Crippen LogP contribution < -0.4 is 4.74 Å². The molecule has 0 spiro atoms. The van der Waals surface area contributed by atoms with Crippen LogP contribution in [0.3, 0.4) is 0 Å². The Balaban J connectivity index is 1.76. The minimum Gasteiger partial charge on any atom is -0.477 e. The second-order valence-corrected chi connectivity index (χ2v) is 7.06. The van der Waals surface area contributed by atoms with Crippen LogP contribution in [0.2, 0.25) is 0 Å². The summed E-state index contributed by atoms with van der Waals surface area (Å²) in [5.41, 5.74) is 0.611. The summed E-state index contributed by atoms with van der Waals surface area (Å²) >= 11 is 0. The maximum absolute atomic E-state index is 12.6. The summed E-state index contributed by atoms with van der Waals surface area (Å²) in [6.45, 7) is 1.99. The van der Waals surface area contributed by atoms with Crippen molar-refractivity contribution in [1.82, 2.24) is 9.55 Å². The van der Waals surface area contributed by atoms with E-state index in [2.05, 4.69) is 9.72 Å². The predicted molar refractivity (Wildman–Crippen MR) is 102 cm³/mol. The highest BCUT2D eigenvalue weighted by Gasteiger charge is 2.46. The number of carbonyl (C=O) groups excluding carboxylic acids is 1. The van der Waals surface area contributed by atoms with Gasteiger partial charge in [-0.15, -0.1) is 13.2 Å². The summed E-state index contributed by atoms with van der Waals surface area (Å²) in [6.07, 6.45) is -4.32. The van der Waals surface area contributed by atoms with Gasteiger partial charge in [-0.2, -0.15) is 0 Å². The van der Waals surface area contributed by atoms with E-state index in [0.29, 0.717) is 17.5 Å². The molecule has 10 heteroatoms. The molecule has 2 aromatic heterocycles. The molecule has 0 bridgehead atoms. The quantitative estimate of drug-likeness (QED) is 0.582. The number of hydrogen-bond donors (Lipinski definition) is 1. The number of hydrogen-bond acceptors (Lipinski definition) is 5. The van der Waals surface area contributed by atoms with Crippen LogP contribution in [-0.4, -0.2) is 39.6 Å². The highest BCUT2D eigenvalue weighted by molar-refractivity contribution is 5.96. The van der Waals surface area contributed by atoms with Crippen molar-refractivity contribution in [3.8, 4) is 11.6 Å². The fourth-order valence-corrected chi connectivity index (χ4v) is 3.58. The molecule has 1 N–H and O–H groups in total. The first-order valence-electron chi connectivity index (χ1n) is 9.46. The fourth-order valence-electron chi connectivity index (χ4n) is 3.58. The Morgan fingerprint density at radius 1 is 1.23 bits per heavy atom. The van der Waals surface area contributed by atoms with Gasteiger partial charge in [0.25, 0.3) is 0 Å². The first kappa shape index (κ1) is 20.7. The minimum absolute atomic E-state index is 0.154. The standard InChI is InChI=1S/C21H17F3N2O5/c1-2-30-20(29)14-10-13(14)15-4-3-5-18(25-15)26-16-9-12(31-21(22,23)24)7-6-11(16)8-17(26)19(27)28/h3-9,13-14H,2,10H2,1H3,(H,27,28). The summed E-state index contributed by atoms with van der Waals surface area (Å²) in [7, 11) is 0. The Labute approximate surface area is 174 Å². The maximum atomic E-state index is 12.6. The first-order chi connectivity index (χ1) is 14.7. The molecule has 1 fully saturated rings. The van der Waals surface area contributed by atoms with E-state index in [1.54, 1.807) is 25.1 Å². The summed E-state index contributed by atoms with van der Waals surface area (Å²) in [5, 5.41) is 10.0. The number of halogens is 3. The topological polar surface area (TPSA) is 90.7 Å². The molecular formula is C21H17F3N2O5. The van der Waals surface area contributed by atoms with Crippen molar-refractivity contribution < 1.29 is 37.3 Å². The smallest absolute Gasteiger partial charge is 0.477 e. The van der Waals surface area contributed by atoms with Gasteiger partial charge in [-0.25, -0.2) is 9.78 Å². The lowest BCUT2D eigenvalue weighted by molar-refractivity contribution is -0.274. The molecule has 162 valence electrons. The van der Waals surface area contributed by atoms with Crippen LogP contribution in [0.4, 0.5) is 13.2 Å². The lowest BCUT2D eigenvalue weighted by atomic mass is 10.2. The minimum atomic E-state index is -4.88. The number of ether oxygens (including phenoxy) is 2. The van der Waals surface area contributed by atoms with Crippen LogP contribution in [0.25, 0.3) is 16.7 Å². The molecule has 1 aliphatic rings. The number of rotatable bonds is 6. The monoisotopic (exact) mass is 434 g/mol. The van der Waals surface area contributed by atoms with E-state index in [0.717, 1.165) is 12.1 Å². The van der Waals surface area contributed by atoms with E-state index < -0.39 is 18.1 Å². The lowest BCUT2D eigenvalue weighted by Gasteiger charge is -2.12. The Kier molecular flexibility index (Phi) is 5.08. The number of pyridine rings is 1. The molecule has 3 aromatic rings. The van der Waals surface area contributed by atoms with Crippen molar-refractivity contribution in [3.63, 3.8) is 0 Å². The molecule has 31 heavy (non-hydrogen) atoms. The molecule has 0 saturated heterocycles. The molecule has 2 unspecified atom stereocenters. The summed E-state index contributed by atoms with van der Waals surface area (Å²) in [6, 6.07) is 9.85. The van der Waals surface area contributed by atoms with Crippen LogP contribution in [-0.2, 0) is 9.53 Å². The van der Waals surface area contributed by atoms with Crippen LogP contribution in [0, 0.1) is 5.92 Å². The number of benzene rings is 1. The van der Waals surface area contributed by atoms with Crippen LogP contribution in [0.15, 0.2) is 42.5 Å². The first-order valence-corrected chi connectivity index (χ1v) is 9.46. The third kappa shape index (κ3) is 4.18. The van der Waals surface area contributed by atoms with Gasteiger partial charge in [0.1, 0.15) is 17.3 Å². The van der Waals surface area contributed by atoms with E-state index in [9.17, 15) is 27.9 Å². The van der Waals surface area contributed by atoms with Gasteiger partial charge in [0.15, 0.2) is 0 Å². The number of esters is 1. The van der Waals surface area contributed by atoms with Crippen LogP contribution in [0.1, 0.15) is 35.4 Å². The number of aromatic carboxylic acids is 1. The van der Waals surface area contributed by atoms with E-state index in [1.807, 2.05) is 0 Å². The van der Waals surface area contributed by atoms with E-state index in [4.69, 9.17) is 4.74 Å². The highest BCUT2D eigenvalue weighted by atomic mass is 19.4. The Hall–Kier alpha value is -3.56. The lowest BCUT2D eigenvalue weighted by Crippen LogP contribution is -2.17. The van der Waals surface area contributed by atoms with Crippen LogP contribution in [0.5, 0.6) is 5.75 Å². The third-order valence-electron chi connectivity index (χ3n) is 4.97. The number of aromatic nitrogens is 2. The fraction of sp³-hybridized carbons (Fsp3) is 0.286. The number of fused-ring (bicyclic) bond motifs is 1. The van der Waals surface area contributed by atoms with Crippen molar-refractivity contribution in [2.75, 3.05) is 6.61 Å². The summed E-state index contributed by atoms with van der Waals surface area (Å²) in [4.78, 5) is 28.2. The number of carboxylic acid groups (broad SMARTS) is 1. The molecule has 2 atom stereocenters. The molecule has 4 rings (SSSR count). The molecule has 1 aliphatic carbocycles. The Bertz CT molecular complexity index is 1170. The van der Waals surface area contributed by atoms with Crippen molar-refractivity contribution in [2.45, 2.75) is 25.6 Å². The van der Waals surface area contributed by atoms with Gasteiger partial charge < -0.3 is 14.6 Å². The van der Waals surface area contributed by atoms with Gasteiger partial charge in [0.2, 0.25) is 0 Å². The SMILES string of the molecule is CCOC(=O)C1CC1c1cccc(-n2c(C(=O)O)cc3ccc(OC(F)(F)F)cc32)n1. The zero-order valence-corrected chi connectivity index (χ0v) is 16.2. The zero-order valence-electron chi connectivity index (χ0n) is 16.2. The molecular weight excluding hydrogens is 417 g/mol. The summed E-state index contributed by atoms with van der Waals surface area (Å²) in [5.74, 6) is -2.31. The number of carbonyl (C=O) groups is 2. The van der Waals surface area contributed by atoms with E-state index in [1.165, 1.54) is 16.7 Å². The van der Waals surface area contributed by atoms with Gasteiger partial charge >= 0.3 is 18.3 Å². The second kappa shape index (κ2) is 7.60. The largest absolute Gasteiger partial charge is 0.573 e. The summed E-state index contributed by atoms with van der Waals surface area (Å²) < 4.78 is 48.1. The Morgan fingerprint density at radius 2 is 2.00 bits per heavy atom. The molecule has 1 saturated carbocycles. The van der Waals surface area contributed by atoms with Gasteiger partial charge in [-0.1, -0.05) is 6.07 Å².